The van der Waals surface area contributed by atoms with Crippen molar-refractivity contribution in [3.05, 3.63) is 29.1 Å². The van der Waals surface area contributed by atoms with E-state index in [-0.39, 0.29) is 13.1 Å². The highest BCUT2D eigenvalue weighted by Crippen LogP contribution is 2.29. The number of aliphatic hydroxyl groups is 1. The fraction of sp³-hybridized carbons (Fsp3) is 0.385. The van der Waals surface area contributed by atoms with E-state index in [1.54, 1.807) is 13.0 Å². The number of piperazine rings is 1. The Morgan fingerprint density at radius 3 is 2.42 bits per heavy atom. The van der Waals surface area contributed by atoms with E-state index >= 15 is 0 Å². The minimum atomic E-state index is -0.884. The minimum absolute atomic E-state index is 0.0104. The Morgan fingerprint density at radius 1 is 1.32 bits per heavy atom. The topological polar surface area (TPSA) is 69.6 Å². The summed E-state index contributed by atoms with van der Waals surface area (Å²) in [5.74, 6) is -1.24. The molecule has 1 fully saturated rings. The minimum Gasteiger partial charge on any atom is -0.389 e. The molecular weight excluding hydrogens is 251 g/mol. The molecule has 0 spiro atoms. The fourth-order valence-electron chi connectivity index (χ4n) is 2.10. The summed E-state index contributed by atoms with van der Waals surface area (Å²) in [6, 6.07) is 2.79. The van der Waals surface area contributed by atoms with Gasteiger partial charge >= 0.3 is 0 Å². The zero-order valence-corrected chi connectivity index (χ0v) is 10.7. The van der Waals surface area contributed by atoms with Crippen LogP contribution < -0.4 is 10.2 Å². The zero-order chi connectivity index (χ0) is 14.2. The number of nitrogens with zero attached hydrogens (tertiary/aromatic N) is 1. The highest BCUT2D eigenvalue weighted by Gasteiger charge is 2.25. The van der Waals surface area contributed by atoms with Crippen LogP contribution in [0.25, 0.3) is 0 Å². The molecule has 0 unspecified atom stereocenters. The molecule has 0 bridgehead atoms. The number of aryl methyl sites for hydroxylation is 1. The third-order valence-corrected chi connectivity index (χ3v) is 3.05. The number of rotatable bonds is 2. The van der Waals surface area contributed by atoms with E-state index in [4.69, 9.17) is 0 Å². The number of hydrogen-bond acceptors (Lipinski definition) is 4. The van der Waals surface area contributed by atoms with Gasteiger partial charge in [0.2, 0.25) is 11.8 Å². The van der Waals surface area contributed by atoms with Crippen molar-refractivity contribution in [3.63, 3.8) is 0 Å². The molecule has 2 rings (SSSR count). The first-order valence-corrected chi connectivity index (χ1v) is 5.94. The zero-order valence-electron chi connectivity index (χ0n) is 10.7. The highest BCUT2D eigenvalue weighted by atomic mass is 19.1. The Hall–Kier alpha value is -1.95. The second-order valence-electron chi connectivity index (χ2n) is 4.66. The van der Waals surface area contributed by atoms with E-state index in [1.807, 2.05) is 0 Å². The molecule has 1 aromatic carbocycles. The Morgan fingerprint density at radius 2 is 1.89 bits per heavy atom. The lowest BCUT2D eigenvalue weighted by Crippen LogP contribution is -2.51. The molecular formula is C13H15FN2O3. The van der Waals surface area contributed by atoms with Crippen molar-refractivity contribution in [2.75, 3.05) is 18.0 Å². The summed E-state index contributed by atoms with van der Waals surface area (Å²) in [7, 11) is 0. The van der Waals surface area contributed by atoms with Crippen molar-refractivity contribution < 1.29 is 19.1 Å². The van der Waals surface area contributed by atoms with Crippen LogP contribution in [0.4, 0.5) is 10.1 Å². The molecule has 5 nitrogen and oxygen atoms in total. The molecule has 0 aromatic heterocycles. The molecule has 0 saturated carbocycles. The number of carbonyl (C=O) groups is 2. The van der Waals surface area contributed by atoms with Gasteiger partial charge in [0.15, 0.2) is 0 Å². The first kappa shape index (κ1) is 13.5. The maximum Gasteiger partial charge on any atom is 0.246 e. The second kappa shape index (κ2) is 4.97. The van der Waals surface area contributed by atoms with Crippen LogP contribution in [-0.4, -0.2) is 30.0 Å². The standard InChI is InChI=1S/C13H15FN2O3/c1-7-3-11(9(8(2)17)4-10(7)14)16-5-12(18)15-13(19)6-16/h3-4,8,17H,5-6H2,1-2H3,(H,15,18,19)/t8-/m1/s1. The quantitative estimate of drug-likeness (QED) is 0.771. The number of halogens is 1. The van der Waals surface area contributed by atoms with Crippen molar-refractivity contribution in [3.8, 4) is 0 Å². The van der Waals surface area contributed by atoms with Crippen LogP contribution >= 0.6 is 0 Å². The maximum atomic E-state index is 13.6. The van der Waals surface area contributed by atoms with Crippen LogP contribution in [0.2, 0.25) is 0 Å². The fourth-order valence-corrected chi connectivity index (χ4v) is 2.10. The van der Waals surface area contributed by atoms with Gasteiger partial charge in [0.25, 0.3) is 0 Å². The molecule has 6 heteroatoms. The molecule has 2 amide bonds. The van der Waals surface area contributed by atoms with E-state index in [9.17, 15) is 19.1 Å². The number of imide groups is 1. The van der Waals surface area contributed by atoms with E-state index < -0.39 is 23.7 Å². The summed E-state index contributed by atoms with van der Waals surface area (Å²) < 4.78 is 13.6. The van der Waals surface area contributed by atoms with Crippen LogP contribution in [-0.2, 0) is 9.59 Å². The average Bonchev–Trinajstić information content (AvgIpc) is 2.30. The molecule has 1 heterocycles. The van der Waals surface area contributed by atoms with Gasteiger partial charge in [0.05, 0.1) is 19.2 Å². The normalized spacial score (nSPS) is 17.4. The summed E-state index contributed by atoms with van der Waals surface area (Å²) in [4.78, 5) is 24.3. The summed E-state index contributed by atoms with van der Waals surface area (Å²) in [5, 5.41) is 11.9. The predicted octanol–water partition coefficient (Wildman–Crippen LogP) is 0.650. The molecule has 0 aliphatic carbocycles. The van der Waals surface area contributed by atoms with Gasteiger partial charge in [-0.05, 0) is 31.5 Å². The highest BCUT2D eigenvalue weighted by molar-refractivity contribution is 6.02. The maximum absolute atomic E-state index is 13.6. The SMILES string of the molecule is Cc1cc(N2CC(=O)NC(=O)C2)c([C@@H](C)O)cc1F. The average molecular weight is 266 g/mol. The van der Waals surface area contributed by atoms with E-state index in [2.05, 4.69) is 5.32 Å². The van der Waals surface area contributed by atoms with Gasteiger partial charge in [0, 0.05) is 11.3 Å². The van der Waals surface area contributed by atoms with Gasteiger partial charge < -0.3 is 10.0 Å². The number of benzene rings is 1. The van der Waals surface area contributed by atoms with Gasteiger partial charge in [-0.25, -0.2) is 4.39 Å². The third kappa shape index (κ3) is 2.73. The second-order valence-corrected chi connectivity index (χ2v) is 4.66. The van der Waals surface area contributed by atoms with E-state index in [0.717, 1.165) is 0 Å². The van der Waals surface area contributed by atoms with Gasteiger partial charge in [-0.3, -0.25) is 14.9 Å². The first-order valence-electron chi connectivity index (χ1n) is 5.94. The van der Waals surface area contributed by atoms with Gasteiger partial charge in [-0.2, -0.15) is 0 Å². The van der Waals surface area contributed by atoms with Gasteiger partial charge in [0.1, 0.15) is 5.82 Å². The van der Waals surface area contributed by atoms with Crippen molar-refractivity contribution >= 4 is 17.5 Å². The molecule has 102 valence electrons. The predicted molar refractivity (Wildman–Crippen MR) is 67.1 cm³/mol. The van der Waals surface area contributed by atoms with Crippen molar-refractivity contribution in [2.24, 2.45) is 0 Å². The Bertz CT molecular complexity index is 527. The number of amides is 2. The van der Waals surface area contributed by atoms with Crippen LogP contribution in [0.5, 0.6) is 0 Å². The number of hydrogen-bond donors (Lipinski definition) is 2. The molecule has 1 aliphatic rings. The lowest BCUT2D eigenvalue weighted by molar-refractivity contribution is -0.130. The van der Waals surface area contributed by atoms with Crippen LogP contribution in [0.1, 0.15) is 24.2 Å². The van der Waals surface area contributed by atoms with Crippen LogP contribution in [0, 0.1) is 12.7 Å². The first-order chi connectivity index (χ1) is 8.88. The molecule has 19 heavy (non-hydrogen) atoms. The molecule has 1 aromatic rings. The Balaban J connectivity index is 2.45. The monoisotopic (exact) mass is 266 g/mol. The van der Waals surface area contributed by atoms with Crippen molar-refractivity contribution in [2.45, 2.75) is 20.0 Å². The van der Waals surface area contributed by atoms with Gasteiger partial charge in [-0.1, -0.05) is 0 Å². The molecule has 0 radical (unpaired) electrons. The van der Waals surface area contributed by atoms with Crippen LogP contribution in [0.15, 0.2) is 12.1 Å². The summed E-state index contributed by atoms with van der Waals surface area (Å²) in [6.45, 7) is 3.13. The molecule has 2 N–H and O–H groups in total. The molecule has 1 atom stereocenters. The lowest BCUT2D eigenvalue weighted by Gasteiger charge is -2.30. The van der Waals surface area contributed by atoms with Crippen molar-refractivity contribution in [1.29, 1.82) is 0 Å². The van der Waals surface area contributed by atoms with E-state index in [1.165, 1.54) is 17.9 Å². The number of anilines is 1. The lowest BCUT2D eigenvalue weighted by atomic mass is 10.0. The van der Waals surface area contributed by atoms with E-state index in [0.29, 0.717) is 16.8 Å². The number of carbonyl (C=O) groups excluding carboxylic acids is 2. The Kier molecular flexibility index (Phi) is 3.53. The third-order valence-electron chi connectivity index (χ3n) is 3.05. The molecule has 1 saturated heterocycles. The molecule has 1 aliphatic heterocycles. The summed E-state index contributed by atoms with van der Waals surface area (Å²) in [5.41, 5.74) is 1.28. The number of aliphatic hydroxyl groups excluding tert-OH is 1. The largest absolute Gasteiger partial charge is 0.389 e. The Labute approximate surface area is 110 Å². The van der Waals surface area contributed by atoms with Crippen LogP contribution in [0.3, 0.4) is 0 Å². The summed E-state index contributed by atoms with van der Waals surface area (Å²) in [6.07, 6.45) is -0.884. The summed E-state index contributed by atoms with van der Waals surface area (Å²) >= 11 is 0. The number of nitrogens with one attached hydrogen (secondary N) is 1. The van der Waals surface area contributed by atoms with Crippen molar-refractivity contribution in [1.82, 2.24) is 5.32 Å². The smallest absolute Gasteiger partial charge is 0.246 e. The van der Waals surface area contributed by atoms with Gasteiger partial charge in [-0.15, -0.1) is 0 Å².